The van der Waals surface area contributed by atoms with Crippen molar-refractivity contribution < 1.29 is 32.9 Å². The first kappa shape index (κ1) is 33.2. The van der Waals surface area contributed by atoms with Gasteiger partial charge in [-0.25, -0.2) is 4.57 Å². The van der Waals surface area contributed by atoms with Gasteiger partial charge in [0.05, 0.1) is 39.9 Å². The highest BCUT2D eigenvalue weighted by Crippen LogP contribution is 2.43. The number of hydrogen-bond donors (Lipinski definition) is 3. The largest absolute Gasteiger partial charge is 0.472 e. The zero-order valence-corrected chi connectivity index (χ0v) is 23.2. The number of carbonyl (C=O) groups is 1. The van der Waals surface area contributed by atoms with Crippen molar-refractivity contribution in [1.82, 2.24) is 5.32 Å². The van der Waals surface area contributed by atoms with Gasteiger partial charge >= 0.3 is 7.82 Å². The van der Waals surface area contributed by atoms with Crippen LogP contribution in [0.15, 0.2) is 12.2 Å². The summed E-state index contributed by atoms with van der Waals surface area (Å²) in [6.45, 7) is 4.39. The van der Waals surface area contributed by atoms with Crippen LogP contribution in [0.3, 0.4) is 0 Å². The van der Waals surface area contributed by atoms with Crippen molar-refractivity contribution in [2.45, 2.75) is 103 Å². The van der Waals surface area contributed by atoms with E-state index in [1.807, 2.05) is 34.1 Å². The first-order valence-corrected chi connectivity index (χ1v) is 14.6. The monoisotopic (exact) mass is 507 g/mol. The van der Waals surface area contributed by atoms with Gasteiger partial charge in [-0.3, -0.25) is 13.8 Å². The molecular weight excluding hydrogens is 455 g/mol. The van der Waals surface area contributed by atoms with E-state index in [1.54, 1.807) is 6.08 Å². The van der Waals surface area contributed by atoms with E-state index >= 15 is 0 Å². The van der Waals surface area contributed by atoms with Gasteiger partial charge < -0.3 is 19.8 Å². The number of likely N-dealkylation sites (N-methyl/N-ethyl adjacent to an activating group) is 1. The molecule has 0 radical (unpaired) electrons. The number of nitrogens with one attached hydrogen (secondary N) is 1. The van der Waals surface area contributed by atoms with Crippen LogP contribution in [0.1, 0.15) is 90.9 Å². The normalized spacial score (nSPS) is 15.9. The minimum Gasteiger partial charge on any atom is -0.387 e. The molecule has 1 amide bonds. The van der Waals surface area contributed by atoms with Crippen LogP contribution in [-0.4, -0.2) is 73.4 Å². The molecule has 0 saturated carbocycles. The summed E-state index contributed by atoms with van der Waals surface area (Å²) in [6, 6.07) is -0.833. The van der Waals surface area contributed by atoms with Gasteiger partial charge in [-0.05, 0) is 19.3 Å². The minimum absolute atomic E-state index is 0.0608. The molecule has 0 heterocycles. The molecule has 0 bridgehead atoms. The molecule has 0 aromatic carbocycles. The van der Waals surface area contributed by atoms with Gasteiger partial charge in [-0.15, -0.1) is 0 Å². The van der Waals surface area contributed by atoms with E-state index in [0.717, 1.165) is 19.3 Å². The molecule has 0 fully saturated rings. The van der Waals surface area contributed by atoms with E-state index in [0.29, 0.717) is 23.9 Å². The third-order valence-corrected chi connectivity index (χ3v) is 6.46. The number of allylic oxidation sites excluding steroid dienone is 1. The van der Waals surface area contributed by atoms with Gasteiger partial charge in [0.25, 0.3) is 0 Å². The lowest BCUT2D eigenvalue weighted by atomic mass is 10.1. The topological polar surface area (TPSA) is 105 Å². The molecular formula is C25H52N2O6P+. The van der Waals surface area contributed by atoms with Crippen molar-refractivity contribution in [2.75, 3.05) is 40.9 Å². The number of carbonyl (C=O) groups excluding carboxylic acids is 1. The van der Waals surface area contributed by atoms with Crippen LogP contribution >= 0.6 is 7.82 Å². The highest BCUT2D eigenvalue weighted by molar-refractivity contribution is 7.47. The van der Waals surface area contributed by atoms with Gasteiger partial charge in [-0.1, -0.05) is 77.4 Å². The number of rotatable bonds is 22. The molecule has 0 aromatic heterocycles. The Balaban J connectivity index is 4.47. The van der Waals surface area contributed by atoms with Crippen molar-refractivity contribution in [3.8, 4) is 0 Å². The lowest BCUT2D eigenvalue weighted by Gasteiger charge is -2.25. The predicted molar refractivity (Wildman–Crippen MR) is 138 cm³/mol. The summed E-state index contributed by atoms with van der Waals surface area (Å²) in [5, 5.41) is 13.3. The molecule has 9 heteroatoms. The van der Waals surface area contributed by atoms with E-state index in [1.165, 1.54) is 44.9 Å². The molecule has 8 nitrogen and oxygen atoms in total. The number of unbranched alkanes of at least 4 members (excludes halogenated alkanes) is 9. The van der Waals surface area contributed by atoms with Gasteiger partial charge in [0.15, 0.2) is 0 Å². The molecule has 0 rings (SSSR count). The van der Waals surface area contributed by atoms with Crippen molar-refractivity contribution in [3.05, 3.63) is 12.2 Å². The van der Waals surface area contributed by atoms with Gasteiger partial charge in [0.2, 0.25) is 5.91 Å². The fraction of sp³-hybridized carbons (Fsp3) is 0.880. The van der Waals surface area contributed by atoms with Crippen LogP contribution in [-0.2, 0) is 18.4 Å². The number of quaternary nitrogens is 1. The minimum atomic E-state index is -4.28. The van der Waals surface area contributed by atoms with E-state index in [-0.39, 0.29) is 19.1 Å². The van der Waals surface area contributed by atoms with E-state index < -0.39 is 20.0 Å². The maximum atomic E-state index is 12.2. The van der Waals surface area contributed by atoms with Crippen LogP contribution in [0.5, 0.6) is 0 Å². The molecule has 0 aliphatic heterocycles. The summed E-state index contributed by atoms with van der Waals surface area (Å²) < 4.78 is 22.9. The van der Waals surface area contributed by atoms with Crippen molar-refractivity contribution in [1.29, 1.82) is 0 Å². The zero-order valence-electron chi connectivity index (χ0n) is 22.3. The molecule has 34 heavy (non-hydrogen) atoms. The second-order valence-electron chi connectivity index (χ2n) is 10.1. The maximum absolute atomic E-state index is 12.2. The van der Waals surface area contributed by atoms with Crippen molar-refractivity contribution in [3.63, 3.8) is 0 Å². The molecule has 0 spiro atoms. The SMILES string of the molecule is CCCCCCCCCCC/C=C/C(O)C(COP(=O)(O)OCC[N+](C)(C)C)NC(=O)CCC. The Morgan fingerprint density at radius 1 is 0.971 bits per heavy atom. The Kier molecular flexibility index (Phi) is 19.0. The summed E-state index contributed by atoms with van der Waals surface area (Å²) in [6.07, 6.45) is 15.6. The quantitative estimate of drug-likeness (QED) is 0.0829. The second-order valence-corrected chi connectivity index (χ2v) is 11.5. The summed E-state index contributed by atoms with van der Waals surface area (Å²) in [5.74, 6) is -0.235. The summed E-state index contributed by atoms with van der Waals surface area (Å²) in [5.41, 5.74) is 0. The maximum Gasteiger partial charge on any atom is 0.472 e. The van der Waals surface area contributed by atoms with Crippen molar-refractivity contribution in [2.24, 2.45) is 0 Å². The summed E-state index contributed by atoms with van der Waals surface area (Å²) >= 11 is 0. The molecule has 0 aliphatic rings. The Morgan fingerprint density at radius 3 is 2.12 bits per heavy atom. The number of hydrogen-bond acceptors (Lipinski definition) is 5. The average Bonchev–Trinajstić information content (AvgIpc) is 2.74. The average molecular weight is 508 g/mol. The van der Waals surface area contributed by atoms with Crippen LogP contribution in [0.2, 0.25) is 0 Å². The summed E-state index contributed by atoms with van der Waals surface area (Å²) in [7, 11) is 1.56. The number of phosphoric acid groups is 1. The van der Waals surface area contributed by atoms with Crippen LogP contribution in [0.4, 0.5) is 0 Å². The predicted octanol–water partition coefficient (Wildman–Crippen LogP) is 4.95. The van der Waals surface area contributed by atoms with Crippen LogP contribution < -0.4 is 5.32 Å². The number of nitrogens with zero attached hydrogens (tertiary/aromatic N) is 1. The Hall–Kier alpha value is -0.760. The first-order chi connectivity index (χ1) is 16.0. The number of aliphatic hydroxyl groups is 1. The Morgan fingerprint density at radius 2 is 1.56 bits per heavy atom. The second kappa shape index (κ2) is 19.4. The number of phosphoric ester groups is 1. The van der Waals surface area contributed by atoms with Crippen LogP contribution in [0.25, 0.3) is 0 Å². The lowest BCUT2D eigenvalue weighted by Crippen LogP contribution is -2.45. The highest BCUT2D eigenvalue weighted by atomic mass is 31.2. The molecule has 0 saturated heterocycles. The molecule has 0 aliphatic carbocycles. The van der Waals surface area contributed by atoms with Gasteiger partial charge in [-0.2, -0.15) is 0 Å². The number of amides is 1. The van der Waals surface area contributed by atoms with Gasteiger partial charge in [0.1, 0.15) is 13.2 Å². The van der Waals surface area contributed by atoms with E-state index in [2.05, 4.69) is 12.2 Å². The fourth-order valence-corrected chi connectivity index (χ4v) is 4.05. The highest BCUT2D eigenvalue weighted by Gasteiger charge is 2.27. The number of aliphatic hydroxyl groups excluding tert-OH is 1. The zero-order chi connectivity index (χ0) is 25.9. The van der Waals surface area contributed by atoms with Gasteiger partial charge in [0, 0.05) is 6.42 Å². The molecule has 3 unspecified atom stereocenters. The molecule has 3 N–H and O–H groups in total. The third-order valence-electron chi connectivity index (χ3n) is 5.48. The third kappa shape index (κ3) is 20.6. The van der Waals surface area contributed by atoms with Crippen molar-refractivity contribution >= 4 is 13.7 Å². The van der Waals surface area contributed by atoms with E-state index in [4.69, 9.17) is 9.05 Å². The Labute approximate surface area is 208 Å². The summed E-state index contributed by atoms with van der Waals surface area (Å²) in [4.78, 5) is 22.0. The lowest BCUT2D eigenvalue weighted by molar-refractivity contribution is -0.870. The molecule has 0 aromatic rings. The van der Waals surface area contributed by atoms with E-state index in [9.17, 15) is 19.4 Å². The molecule has 202 valence electrons. The fourth-order valence-electron chi connectivity index (χ4n) is 3.32. The standard InChI is InChI=1S/C25H51N2O6P/c1-6-8-9-10-11-12-13-14-15-16-17-19-24(28)23(26-25(29)18-7-2)22-33-34(30,31)32-21-20-27(3,4)5/h17,19,23-24,28H,6-16,18,20-22H2,1-5H3,(H-,26,29,30,31)/p+1/b19-17+. The van der Waals surface area contributed by atoms with Crippen LogP contribution in [0, 0.1) is 0 Å². The smallest absolute Gasteiger partial charge is 0.387 e. The Bertz CT molecular complexity index is 594. The molecule has 3 atom stereocenters. The first-order valence-electron chi connectivity index (χ1n) is 13.1.